The molecule has 2 aromatic rings. The van der Waals surface area contributed by atoms with Gasteiger partial charge in [-0.25, -0.2) is 9.38 Å². The molecule has 0 amide bonds. The molecule has 0 radical (unpaired) electrons. The fourth-order valence-corrected chi connectivity index (χ4v) is 2.71. The highest BCUT2D eigenvalue weighted by Gasteiger charge is 2.36. The summed E-state index contributed by atoms with van der Waals surface area (Å²) in [6, 6.07) is 6.33. The van der Waals surface area contributed by atoms with Crippen molar-refractivity contribution >= 4 is 29.9 Å². The number of hydrogen-bond donors (Lipinski definition) is 2. The largest absolute Gasteiger partial charge is 0.435 e. The van der Waals surface area contributed by atoms with Gasteiger partial charge in [-0.1, -0.05) is 26.0 Å². The lowest BCUT2D eigenvalue weighted by Gasteiger charge is -2.27. The van der Waals surface area contributed by atoms with Crippen molar-refractivity contribution in [2.75, 3.05) is 13.1 Å². The molecule has 2 N–H and O–H groups in total. The van der Waals surface area contributed by atoms with Crippen LogP contribution in [0.25, 0.3) is 0 Å². The van der Waals surface area contributed by atoms with Gasteiger partial charge in [0.1, 0.15) is 5.82 Å². The summed E-state index contributed by atoms with van der Waals surface area (Å²) in [5.41, 5.74) is -0.544. The van der Waals surface area contributed by atoms with Crippen LogP contribution in [0.4, 0.5) is 17.6 Å². The summed E-state index contributed by atoms with van der Waals surface area (Å²) in [6.07, 6.45) is -3.22. The van der Waals surface area contributed by atoms with Crippen molar-refractivity contribution in [3.8, 4) is 0 Å². The molecule has 0 unspecified atom stereocenters. The lowest BCUT2D eigenvalue weighted by atomic mass is 9.84. The fourth-order valence-electron chi connectivity index (χ4n) is 2.71. The summed E-state index contributed by atoms with van der Waals surface area (Å²) in [4.78, 5) is 4.25. The van der Waals surface area contributed by atoms with Crippen LogP contribution in [-0.4, -0.2) is 28.8 Å². The lowest BCUT2D eigenvalue weighted by molar-refractivity contribution is -0.142. The summed E-state index contributed by atoms with van der Waals surface area (Å²) in [7, 11) is 1.44. The number of rotatable bonds is 6. The molecule has 0 aliphatic carbocycles. The number of nitrogens with zero attached hydrogens (tertiary/aromatic N) is 3. The van der Waals surface area contributed by atoms with Gasteiger partial charge in [-0.3, -0.25) is 4.68 Å². The maximum Gasteiger partial charge on any atom is 0.435 e. The Balaban J connectivity index is 0.00000420. The number of halogens is 5. The smallest absolute Gasteiger partial charge is 0.357 e. The van der Waals surface area contributed by atoms with Gasteiger partial charge in [-0.2, -0.15) is 18.3 Å². The van der Waals surface area contributed by atoms with Crippen molar-refractivity contribution in [2.45, 2.75) is 38.9 Å². The maximum absolute atomic E-state index is 13.5. The minimum absolute atomic E-state index is 0. The van der Waals surface area contributed by atoms with Crippen molar-refractivity contribution in [1.29, 1.82) is 0 Å². The van der Waals surface area contributed by atoms with E-state index in [2.05, 4.69) is 20.7 Å². The van der Waals surface area contributed by atoms with Crippen LogP contribution in [0.1, 0.15) is 37.6 Å². The number of hydrogen-bond acceptors (Lipinski definition) is 2. The number of aromatic nitrogens is 2. The van der Waals surface area contributed by atoms with Gasteiger partial charge in [0.25, 0.3) is 0 Å². The number of guanidine groups is 1. The monoisotopic (exact) mass is 527 g/mol. The van der Waals surface area contributed by atoms with Gasteiger partial charge in [-0.15, -0.1) is 24.0 Å². The molecule has 1 aromatic carbocycles. The van der Waals surface area contributed by atoms with Crippen molar-refractivity contribution < 1.29 is 17.6 Å². The molecular weight excluding hydrogens is 501 g/mol. The summed E-state index contributed by atoms with van der Waals surface area (Å²) < 4.78 is 53.8. The third-order valence-corrected chi connectivity index (χ3v) is 4.23. The first-order valence-electron chi connectivity index (χ1n) is 8.91. The van der Waals surface area contributed by atoms with Crippen LogP contribution < -0.4 is 10.6 Å². The Labute approximate surface area is 185 Å². The molecule has 0 saturated heterocycles. The van der Waals surface area contributed by atoms with Gasteiger partial charge >= 0.3 is 6.18 Å². The predicted octanol–water partition coefficient (Wildman–Crippen LogP) is 4.23. The highest BCUT2D eigenvalue weighted by molar-refractivity contribution is 14.0. The topological polar surface area (TPSA) is 54.2 Å². The van der Waals surface area contributed by atoms with Gasteiger partial charge in [-0.05, 0) is 24.6 Å². The van der Waals surface area contributed by atoms with Crippen LogP contribution in [0, 0.1) is 5.82 Å². The molecule has 10 heteroatoms. The van der Waals surface area contributed by atoms with E-state index in [-0.39, 0.29) is 41.9 Å². The number of aryl methyl sites for hydroxylation is 1. The van der Waals surface area contributed by atoms with Crippen LogP contribution in [0.15, 0.2) is 35.5 Å². The Morgan fingerprint density at radius 3 is 2.48 bits per heavy atom. The molecule has 2 rings (SSSR count). The molecule has 29 heavy (non-hydrogen) atoms. The zero-order valence-corrected chi connectivity index (χ0v) is 19.1. The van der Waals surface area contributed by atoms with Gasteiger partial charge in [0, 0.05) is 37.3 Å². The van der Waals surface area contributed by atoms with Gasteiger partial charge in [0.15, 0.2) is 11.7 Å². The Kier molecular flexibility index (Phi) is 8.91. The molecule has 0 saturated carbocycles. The average Bonchev–Trinajstić information content (AvgIpc) is 2.98. The van der Waals surface area contributed by atoms with Gasteiger partial charge in [0.05, 0.1) is 6.54 Å². The molecule has 0 fully saturated rings. The van der Waals surface area contributed by atoms with E-state index in [4.69, 9.17) is 0 Å². The normalized spacial score (nSPS) is 12.5. The maximum atomic E-state index is 13.5. The number of aliphatic imine (C=N–C) groups is 1. The lowest BCUT2D eigenvalue weighted by Crippen LogP contribution is -2.43. The third-order valence-electron chi connectivity index (χ3n) is 4.23. The molecule has 0 aliphatic rings. The van der Waals surface area contributed by atoms with Crippen molar-refractivity contribution in [3.05, 3.63) is 53.1 Å². The molecule has 5 nitrogen and oxygen atoms in total. The molecule has 0 spiro atoms. The first-order valence-corrected chi connectivity index (χ1v) is 8.91. The fraction of sp³-hybridized carbons (Fsp3) is 0.474. The van der Waals surface area contributed by atoms with Crippen molar-refractivity contribution in [3.63, 3.8) is 0 Å². The molecule has 0 bridgehead atoms. The van der Waals surface area contributed by atoms with Crippen LogP contribution >= 0.6 is 24.0 Å². The van der Waals surface area contributed by atoms with E-state index in [1.165, 1.54) is 25.4 Å². The summed E-state index contributed by atoms with van der Waals surface area (Å²) in [5.74, 6) is 0.0614. The Hall–Kier alpha value is -1.85. The minimum Gasteiger partial charge on any atom is -0.357 e. The Morgan fingerprint density at radius 1 is 1.21 bits per heavy atom. The second kappa shape index (κ2) is 10.3. The van der Waals surface area contributed by atoms with E-state index >= 15 is 0 Å². The first-order chi connectivity index (χ1) is 13.0. The van der Waals surface area contributed by atoms with E-state index in [0.29, 0.717) is 19.0 Å². The van der Waals surface area contributed by atoms with Gasteiger partial charge < -0.3 is 10.6 Å². The van der Waals surface area contributed by atoms with Crippen LogP contribution in [0.3, 0.4) is 0 Å². The standard InChI is InChI=1S/C19H25F4N5.HI/c1-5-24-17(25-10-13-11-28(4)27-16(13)19(21,22)23)26-12-18(2,3)14-7-6-8-15(20)9-14;/h6-9,11H,5,10,12H2,1-4H3,(H2,24,25,26);1H. The molecule has 0 atom stereocenters. The molecule has 1 aromatic heterocycles. The molecule has 162 valence electrons. The van der Waals surface area contributed by atoms with Crippen molar-refractivity contribution in [1.82, 2.24) is 20.4 Å². The van der Waals surface area contributed by atoms with Gasteiger partial charge in [0.2, 0.25) is 0 Å². The molecule has 0 aliphatic heterocycles. The highest BCUT2D eigenvalue weighted by Crippen LogP contribution is 2.30. The summed E-state index contributed by atoms with van der Waals surface area (Å²) in [5, 5.41) is 9.62. The van der Waals surface area contributed by atoms with E-state index in [0.717, 1.165) is 10.2 Å². The van der Waals surface area contributed by atoms with Crippen LogP contribution in [0.5, 0.6) is 0 Å². The van der Waals surface area contributed by atoms with E-state index in [9.17, 15) is 17.6 Å². The number of nitrogens with one attached hydrogen (secondary N) is 2. The molecule has 1 heterocycles. The number of benzene rings is 1. The predicted molar refractivity (Wildman–Crippen MR) is 116 cm³/mol. The van der Waals surface area contributed by atoms with Crippen LogP contribution in [-0.2, 0) is 25.2 Å². The average molecular weight is 527 g/mol. The quantitative estimate of drug-likeness (QED) is 0.256. The zero-order chi connectivity index (χ0) is 20.9. The third kappa shape index (κ3) is 7.16. The van der Waals surface area contributed by atoms with E-state index in [1.807, 2.05) is 26.8 Å². The second-order valence-corrected chi connectivity index (χ2v) is 7.12. The summed E-state index contributed by atoms with van der Waals surface area (Å²) >= 11 is 0. The minimum atomic E-state index is -4.53. The first kappa shape index (κ1) is 25.2. The molecular formula is C19H26F4IN5. The van der Waals surface area contributed by atoms with E-state index < -0.39 is 17.3 Å². The zero-order valence-electron chi connectivity index (χ0n) is 16.8. The van der Waals surface area contributed by atoms with Crippen molar-refractivity contribution in [2.24, 2.45) is 12.0 Å². The van der Waals surface area contributed by atoms with Crippen LogP contribution in [0.2, 0.25) is 0 Å². The second-order valence-electron chi connectivity index (χ2n) is 7.12. The Morgan fingerprint density at radius 2 is 1.90 bits per heavy atom. The SMILES string of the molecule is CCNC(=NCc1cn(C)nc1C(F)(F)F)NCC(C)(C)c1cccc(F)c1.I. The number of alkyl halides is 3. The summed E-state index contributed by atoms with van der Waals surface area (Å²) in [6.45, 7) is 6.55. The van der Waals surface area contributed by atoms with E-state index in [1.54, 1.807) is 6.07 Å². The highest BCUT2D eigenvalue weighted by atomic mass is 127. The Bertz CT molecular complexity index is 830.